The van der Waals surface area contributed by atoms with Crippen molar-refractivity contribution in [1.29, 1.82) is 0 Å². The molecule has 1 unspecified atom stereocenters. The topological polar surface area (TPSA) is 54.4 Å². The van der Waals surface area contributed by atoms with Crippen LogP contribution in [0.15, 0.2) is 0 Å². The first-order valence-corrected chi connectivity index (χ1v) is 7.59. The van der Waals surface area contributed by atoms with Crippen LogP contribution in [0.1, 0.15) is 64.7 Å². The third-order valence-electron chi connectivity index (χ3n) is 2.61. The van der Waals surface area contributed by atoms with Gasteiger partial charge >= 0.3 is 0 Å². The van der Waals surface area contributed by atoms with Crippen molar-refractivity contribution in [3.8, 4) is 0 Å². The molecular formula is C11H23FO3S. The monoisotopic (exact) mass is 254 g/mol. The zero-order valence-corrected chi connectivity index (χ0v) is 10.8. The average Bonchev–Trinajstić information content (AvgIpc) is 2.20. The molecule has 0 aliphatic rings. The molecule has 1 atom stereocenters. The zero-order chi connectivity index (χ0) is 12.4. The van der Waals surface area contributed by atoms with Gasteiger partial charge in [0.1, 0.15) is 0 Å². The van der Waals surface area contributed by atoms with Gasteiger partial charge in [0.25, 0.3) is 10.1 Å². The number of rotatable bonds is 10. The van der Waals surface area contributed by atoms with E-state index in [2.05, 4.69) is 6.92 Å². The fourth-order valence-corrected chi connectivity index (χ4v) is 2.05. The van der Waals surface area contributed by atoms with Crippen LogP contribution < -0.4 is 0 Å². The Morgan fingerprint density at radius 1 is 1.00 bits per heavy atom. The van der Waals surface area contributed by atoms with Gasteiger partial charge in [-0.3, -0.25) is 4.55 Å². The fraction of sp³-hybridized carbons (Fsp3) is 1.00. The van der Waals surface area contributed by atoms with E-state index in [-0.39, 0.29) is 6.42 Å². The lowest BCUT2D eigenvalue weighted by atomic mass is 10.1. The van der Waals surface area contributed by atoms with Crippen molar-refractivity contribution in [2.24, 2.45) is 0 Å². The summed E-state index contributed by atoms with van der Waals surface area (Å²) in [7, 11) is -4.47. The number of alkyl halides is 1. The van der Waals surface area contributed by atoms with Crippen molar-refractivity contribution in [3.05, 3.63) is 0 Å². The normalized spacial score (nSPS) is 13.9. The molecule has 0 aromatic carbocycles. The minimum Gasteiger partial charge on any atom is -0.283 e. The maximum absolute atomic E-state index is 12.7. The molecule has 0 saturated heterocycles. The van der Waals surface area contributed by atoms with Crippen molar-refractivity contribution in [2.45, 2.75) is 70.2 Å². The van der Waals surface area contributed by atoms with Crippen LogP contribution in [0.4, 0.5) is 4.39 Å². The molecule has 0 heterocycles. The molecule has 5 heteroatoms. The maximum atomic E-state index is 12.7. The lowest BCUT2D eigenvalue weighted by Crippen LogP contribution is -2.14. The van der Waals surface area contributed by atoms with Crippen LogP contribution in [0.5, 0.6) is 0 Å². The number of unbranched alkanes of at least 4 members (excludes halogenated alkanes) is 7. The van der Waals surface area contributed by atoms with Crippen LogP contribution in [0.2, 0.25) is 0 Å². The van der Waals surface area contributed by atoms with Crippen LogP contribution >= 0.6 is 0 Å². The highest BCUT2D eigenvalue weighted by Gasteiger charge is 2.20. The van der Waals surface area contributed by atoms with E-state index in [1.54, 1.807) is 0 Å². The molecule has 0 amide bonds. The minimum absolute atomic E-state index is 0.0895. The molecule has 1 N–H and O–H groups in total. The molecule has 3 nitrogen and oxygen atoms in total. The Labute approximate surface area is 98.2 Å². The van der Waals surface area contributed by atoms with Crippen LogP contribution in [0.3, 0.4) is 0 Å². The summed E-state index contributed by atoms with van der Waals surface area (Å²) in [5.74, 6) is 0. The van der Waals surface area contributed by atoms with Gasteiger partial charge in [0, 0.05) is 0 Å². The van der Waals surface area contributed by atoms with Crippen molar-refractivity contribution >= 4 is 10.1 Å². The summed E-state index contributed by atoms with van der Waals surface area (Å²) >= 11 is 0. The molecule has 0 radical (unpaired) electrons. The standard InChI is InChI=1S/C11H23FO3S/c1-2-3-4-5-6-7-8-9-10-11(12)16(13,14)15/h11H,2-10H2,1H3,(H,13,14,15). The van der Waals surface area contributed by atoms with Gasteiger partial charge in [0.05, 0.1) is 0 Å². The molecule has 0 spiro atoms. The summed E-state index contributed by atoms with van der Waals surface area (Å²) in [6, 6.07) is 0. The smallest absolute Gasteiger partial charge is 0.283 e. The quantitative estimate of drug-likeness (QED) is 0.477. The van der Waals surface area contributed by atoms with Crippen molar-refractivity contribution in [3.63, 3.8) is 0 Å². The Morgan fingerprint density at radius 3 is 1.88 bits per heavy atom. The Kier molecular flexibility index (Phi) is 8.84. The summed E-state index contributed by atoms with van der Waals surface area (Å²) in [6.45, 7) is 2.16. The lowest BCUT2D eigenvalue weighted by molar-refractivity contribution is 0.349. The highest BCUT2D eigenvalue weighted by atomic mass is 32.2. The molecule has 0 aliphatic heterocycles. The van der Waals surface area contributed by atoms with E-state index in [1.807, 2.05) is 0 Å². The van der Waals surface area contributed by atoms with E-state index in [0.29, 0.717) is 6.42 Å². The highest BCUT2D eigenvalue weighted by Crippen LogP contribution is 2.14. The number of hydrogen-bond donors (Lipinski definition) is 1. The largest absolute Gasteiger partial charge is 0.297 e. The maximum Gasteiger partial charge on any atom is 0.297 e. The van der Waals surface area contributed by atoms with Gasteiger partial charge in [-0.2, -0.15) is 8.42 Å². The molecule has 98 valence electrons. The van der Waals surface area contributed by atoms with Gasteiger partial charge in [-0.25, -0.2) is 4.39 Å². The second-order valence-electron chi connectivity index (χ2n) is 4.19. The molecule has 0 aliphatic carbocycles. The summed E-state index contributed by atoms with van der Waals surface area (Å²) in [5.41, 5.74) is -2.10. The number of halogens is 1. The lowest BCUT2D eigenvalue weighted by Gasteiger charge is -2.04. The Balaban J connectivity index is 3.28. The van der Waals surface area contributed by atoms with Crippen LogP contribution in [0, 0.1) is 0 Å². The molecule has 0 aromatic rings. The van der Waals surface area contributed by atoms with Crippen molar-refractivity contribution < 1.29 is 17.4 Å². The SMILES string of the molecule is CCCCCCCCCCC(F)S(=O)(=O)O. The van der Waals surface area contributed by atoms with Crippen LogP contribution in [-0.4, -0.2) is 18.5 Å². The molecule has 0 fully saturated rings. The Hall–Kier alpha value is -0.160. The van der Waals surface area contributed by atoms with Gasteiger partial charge in [-0.05, 0) is 12.8 Å². The first kappa shape index (κ1) is 15.8. The van der Waals surface area contributed by atoms with Crippen molar-refractivity contribution in [1.82, 2.24) is 0 Å². The molecule has 0 aromatic heterocycles. The fourth-order valence-electron chi connectivity index (χ4n) is 1.59. The predicted octanol–water partition coefficient (Wildman–Crippen LogP) is 3.70. The third kappa shape index (κ3) is 9.09. The number of hydrogen-bond acceptors (Lipinski definition) is 2. The van der Waals surface area contributed by atoms with E-state index < -0.39 is 15.6 Å². The van der Waals surface area contributed by atoms with Gasteiger partial charge in [0.2, 0.25) is 5.50 Å². The van der Waals surface area contributed by atoms with E-state index in [0.717, 1.165) is 19.3 Å². The Bertz CT molecular complexity index is 252. The second kappa shape index (κ2) is 8.93. The van der Waals surface area contributed by atoms with Gasteiger partial charge in [-0.1, -0.05) is 51.9 Å². The van der Waals surface area contributed by atoms with E-state index in [1.165, 1.54) is 25.7 Å². The van der Waals surface area contributed by atoms with E-state index >= 15 is 0 Å². The summed E-state index contributed by atoms with van der Waals surface area (Å²) in [5, 5.41) is 0. The molecule has 0 rings (SSSR count). The summed E-state index contributed by atoms with van der Waals surface area (Å²) in [6.07, 6.45) is 8.33. The Morgan fingerprint density at radius 2 is 1.44 bits per heavy atom. The van der Waals surface area contributed by atoms with Crippen molar-refractivity contribution in [2.75, 3.05) is 0 Å². The van der Waals surface area contributed by atoms with Gasteiger partial charge < -0.3 is 0 Å². The molecule has 0 bridgehead atoms. The summed E-state index contributed by atoms with van der Waals surface area (Å²) in [4.78, 5) is 0. The molecule has 0 saturated carbocycles. The van der Waals surface area contributed by atoms with E-state index in [4.69, 9.17) is 4.55 Å². The predicted molar refractivity (Wildman–Crippen MR) is 63.7 cm³/mol. The molecular weight excluding hydrogens is 231 g/mol. The van der Waals surface area contributed by atoms with Crippen LogP contribution in [0.25, 0.3) is 0 Å². The zero-order valence-electron chi connectivity index (χ0n) is 9.99. The first-order chi connectivity index (χ1) is 7.48. The minimum atomic E-state index is -4.47. The van der Waals surface area contributed by atoms with Gasteiger partial charge in [-0.15, -0.1) is 0 Å². The first-order valence-electron chi connectivity index (χ1n) is 6.09. The summed E-state index contributed by atoms with van der Waals surface area (Å²) < 4.78 is 41.8. The molecule has 16 heavy (non-hydrogen) atoms. The van der Waals surface area contributed by atoms with Gasteiger partial charge in [0.15, 0.2) is 0 Å². The highest BCUT2D eigenvalue weighted by molar-refractivity contribution is 7.86. The third-order valence-corrected chi connectivity index (χ3v) is 3.49. The average molecular weight is 254 g/mol. The van der Waals surface area contributed by atoms with Crippen LogP contribution in [-0.2, 0) is 10.1 Å². The second-order valence-corrected chi connectivity index (χ2v) is 5.73. The van der Waals surface area contributed by atoms with E-state index in [9.17, 15) is 12.8 Å².